The first-order valence-corrected chi connectivity index (χ1v) is 6.88. The normalized spacial score (nSPS) is 22.3. The number of nitrogens with two attached hydrogens (primary N) is 1. The average molecular weight is 260 g/mol. The lowest BCUT2D eigenvalue weighted by Gasteiger charge is -2.25. The molecular formula is C15H20N2O2. The highest BCUT2D eigenvalue weighted by atomic mass is 16.7. The van der Waals surface area contributed by atoms with Crippen LogP contribution in [-0.4, -0.2) is 24.0 Å². The topological polar surface area (TPSA) is 57.4 Å². The van der Waals surface area contributed by atoms with Gasteiger partial charge < -0.3 is 15.2 Å². The number of hydrogen-bond donors (Lipinski definition) is 1. The number of nitrogens with zero attached hydrogens (tertiary/aromatic N) is 1. The first-order chi connectivity index (χ1) is 9.19. The van der Waals surface area contributed by atoms with Crippen LogP contribution in [0.4, 0.5) is 5.69 Å². The molecule has 0 unspecified atom stereocenters. The molecule has 1 aliphatic heterocycles. The molecule has 2 heterocycles. The quantitative estimate of drug-likeness (QED) is 0.843. The van der Waals surface area contributed by atoms with Gasteiger partial charge in [-0.25, -0.2) is 0 Å². The van der Waals surface area contributed by atoms with Crippen molar-refractivity contribution in [2.24, 2.45) is 0 Å². The number of pyridine rings is 1. The summed E-state index contributed by atoms with van der Waals surface area (Å²) in [7, 11) is 0. The van der Waals surface area contributed by atoms with Crippen LogP contribution in [0.3, 0.4) is 0 Å². The van der Waals surface area contributed by atoms with Crippen molar-refractivity contribution in [3.8, 4) is 0 Å². The molecule has 3 rings (SSSR count). The molecule has 0 atom stereocenters. The average Bonchev–Trinajstić information content (AvgIpc) is 2.73. The highest BCUT2D eigenvalue weighted by molar-refractivity contribution is 5.66. The number of nitrogen functional groups attached to an aromatic ring is 1. The van der Waals surface area contributed by atoms with E-state index in [1.54, 1.807) is 6.20 Å². The predicted octanol–water partition coefficient (Wildman–Crippen LogP) is 2.67. The molecule has 1 aromatic rings. The van der Waals surface area contributed by atoms with Gasteiger partial charge in [0.25, 0.3) is 0 Å². The van der Waals surface area contributed by atoms with E-state index in [9.17, 15) is 0 Å². The van der Waals surface area contributed by atoms with Crippen LogP contribution in [0.1, 0.15) is 36.9 Å². The zero-order valence-electron chi connectivity index (χ0n) is 11.3. The number of aryl methyl sites for hydroxylation is 1. The van der Waals surface area contributed by atoms with Crippen LogP contribution in [0.2, 0.25) is 0 Å². The molecule has 4 heteroatoms. The summed E-state index contributed by atoms with van der Waals surface area (Å²) in [4.78, 5) is 4.48. The lowest BCUT2D eigenvalue weighted by molar-refractivity contribution is -0.164. The van der Waals surface area contributed by atoms with E-state index in [0.29, 0.717) is 13.2 Å². The van der Waals surface area contributed by atoms with Gasteiger partial charge >= 0.3 is 0 Å². The Labute approximate surface area is 113 Å². The van der Waals surface area contributed by atoms with Crippen molar-refractivity contribution < 1.29 is 9.47 Å². The Hall–Kier alpha value is -1.39. The third-order valence-corrected chi connectivity index (χ3v) is 3.91. The minimum Gasteiger partial charge on any atom is -0.397 e. The summed E-state index contributed by atoms with van der Waals surface area (Å²) >= 11 is 0. The Kier molecular flexibility index (Phi) is 3.29. The van der Waals surface area contributed by atoms with Crippen molar-refractivity contribution in [1.29, 1.82) is 0 Å². The summed E-state index contributed by atoms with van der Waals surface area (Å²) in [5, 5.41) is 0. The van der Waals surface area contributed by atoms with Crippen LogP contribution in [0.25, 0.3) is 5.57 Å². The number of allylic oxidation sites excluding steroid dienone is 2. The number of anilines is 1. The third kappa shape index (κ3) is 2.51. The summed E-state index contributed by atoms with van der Waals surface area (Å²) in [6.45, 7) is 3.49. The van der Waals surface area contributed by atoms with E-state index in [0.717, 1.165) is 42.6 Å². The molecule has 2 aliphatic rings. The third-order valence-electron chi connectivity index (χ3n) is 3.91. The molecule has 1 fully saturated rings. The van der Waals surface area contributed by atoms with Crippen molar-refractivity contribution >= 4 is 11.3 Å². The van der Waals surface area contributed by atoms with Crippen molar-refractivity contribution in [2.45, 2.75) is 38.4 Å². The smallest absolute Gasteiger partial charge is 0.169 e. The second kappa shape index (κ2) is 4.94. The van der Waals surface area contributed by atoms with Gasteiger partial charge in [-0.05, 0) is 37.0 Å². The van der Waals surface area contributed by atoms with E-state index >= 15 is 0 Å². The summed E-state index contributed by atoms with van der Waals surface area (Å²) in [6, 6.07) is 1.98. The predicted molar refractivity (Wildman–Crippen MR) is 74.5 cm³/mol. The van der Waals surface area contributed by atoms with E-state index in [4.69, 9.17) is 15.2 Å². The summed E-state index contributed by atoms with van der Waals surface area (Å²) in [6.07, 6.45) is 7.76. The lowest BCUT2D eigenvalue weighted by atomic mass is 10.0. The van der Waals surface area contributed by atoms with E-state index in [2.05, 4.69) is 18.0 Å². The molecule has 0 bridgehead atoms. The Morgan fingerprint density at radius 2 is 2.05 bits per heavy atom. The molecule has 0 radical (unpaired) electrons. The first-order valence-electron chi connectivity index (χ1n) is 6.88. The Morgan fingerprint density at radius 3 is 2.79 bits per heavy atom. The van der Waals surface area contributed by atoms with E-state index < -0.39 is 0 Å². The molecule has 2 N–H and O–H groups in total. The standard InChI is InChI=1S/C15H20N2O2/c1-11-9-13(16)10-17-14(11)12-3-2-5-15(6-4-12)18-7-8-19-15/h3,9-10H,2,4-8,16H2,1H3. The molecule has 1 spiro atoms. The number of rotatable bonds is 1. The van der Waals surface area contributed by atoms with Gasteiger partial charge in [0.15, 0.2) is 5.79 Å². The maximum absolute atomic E-state index is 5.80. The maximum Gasteiger partial charge on any atom is 0.169 e. The highest BCUT2D eigenvalue weighted by Crippen LogP contribution is 2.37. The molecule has 102 valence electrons. The minimum absolute atomic E-state index is 0.347. The summed E-state index contributed by atoms with van der Waals surface area (Å²) in [5.41, 5.74) is 9.96. The van der Waals surface area contributed by atoms with Crippen LogP contribution in [0, 0.1) is 6.92 Å². The van der Waals surface area contributed by atoms with Gasteiger partial charge in [0.1, 0.15) is 0 Å². The van der Waals surface area contributed by atoms with Gasteiger partial charge in [-0.15, -0.1) is 0 Å². The molecule has 0 aromatic carbocycles. The highest BCUT2D eigenvalue weighted by Gasteiger charge is 2.37. The van der Waals surface area contributed by atoms with Gasteiger partial charge in [0.2, 0.25) is 0 Å². The lowest BCUT2D eigenvalue weighted by Crippen LogP contribution is -2.29. The zero-order valence-corrected chi connectivity index (χ0v) is 11.3. The van der Waals surface area contributed by atoms with Crippen LogP contribution in [-0.2, 0) is 9.47 Å². The van der Waals surface area contributed by atoms with Gasteiger partial charge in [-0.1, -0.05) is 6.08 Å². The van der Waals surface area contributed by atoms with Crippen LogP contribution >= 0.6 is 0 Å². The zero-order chi connectivity index (χ0) is 13.3. The van der Waals surface area contributed by atoms with Gasteiger partial charge in [-0.3, -0.25) is 4.98 Å². The largest absolute Gasteiger partial charge is 0.397 e. The van der Waals surface area contributed by atoms with E-state index in [1.165, 1.54) is 5.57 Å². The van der Waals surface area contributed by atoms with Gasteiger partial charge in [0, 0.05) is 12.8 Å². The van der Waals surface area contributed by atoms with Crippen LogP contribution in [0.5, 0.6) is 0 Å². The second-order valence-corrected chi connectivity index (χ2v) is 5.31. The van der Waals surface area contributed by atoms with Crippen molar-refractivity contribution in [2.75, 3.05) is 18.9 Å². The molecular weight excluding hydrogens is 240 g/mol. The Morgan fingerprint density at radius 1 is 1.26 bits per heavy atom. The Bertz CT molecular complexity index is 505. The van der Waals surface area contributed by atoms with E-state index in [1.807, 2.05) is 6.07 Å². The second-order valence-electron chi connectivity index (χ2n) is 5.31. The summed E-state index contributed by atoms with van der Waals surface area (Å²) < 4.78 is 11.6. The molecule has 0 saturated carbocycles. The number of ether oxygens (including phenoxy) is 2. The monoisotopic (exact) mass is 260 g/mol. The van der Waals surface area contributed by atoms with Gasteiger partial charge in [-0.2, -0.15) is 0 Å². The SMILES string of the molecule is Cc1cc(N)cnc1C1=CCCC2(CC1)OCCO2. The van der Waals surface area contributed by atoms with Crippen molar-refractivity contribution in [3.63, 3.8) is 0 Å². The van der Waals surface area contributed by atoms with Crippen LogP contribution in [0.15, 0.2) is 18.3 Å². The van der Waals surface area contributed by atoms with Crippen LogP contribution < -0.4 is 5.73 Å². The minimum atomic E-state index is -0.347. The van der Waals surface area contributed by atoms with Crippen molar-refractivity contribution in [3.05, 3.63) is 29.6 Å². The fourth-order valence-corrected chi connectivity index (χ4v) is 2.95. The Balaban J connectivity index is 1.80. The van der Waals surface area contributed by atoms with Crippen molar-refractivity contribution in [1.82, 2.24) is 4.98 Å². The molecule has 19 heavy (non-hydrogen) atoms. The number of hydrogen-bond acceptors (Lipinski definition) is 4. The molecule has 1 aromatic heterocycles. The fraction of sp³-hybridized carbons (Fsp3) is 0.533. The fourth-order valence-electron chi connectivity index (χ4n) is 2.95. The molecule has 4 nitrogen and oxygen atoms in total. The van der Waals surface area contributed by atoms with Gasteiger partial charge in [0.05, 0.1) is 30.8 Å². The number of aromatic nitrogens is 1. The maximum atomic E-state index is 5.80. The molecule has 0 amide bonds. The first kappa shape index (κ1) is 12.6. The van der Waals surface area contributed by atoms with E-state index in [-0.39, 0.29) is 5.79 Å². The molecule has 1 aliphatic carbocycles. The summed E-state index contributed by atoms with van der Waals surface area (Å²) in [5.74, 6) is -0.347. The molecule has 1 saturated heterocycles.